The summed E-state index contributed by atoms with van der Waals surface area (Å²) in [4.78, 5) is 2.50. The Hall–Kier alpha value is -0.340. The molecule has 2 heteroatoms. The minimum atomic E-state index is 0.712. The lowest BCUT2D eigenvalue weighted by Gasteiger charge is -2.32. The van der Waals surface area contributed by atoms with Crippen molar-refractivity contribution < 1.29 is 0 Å². The molecule has 1 N–H and O–H groups in total. The van der Waals surface area contributed by atoms with Crippen LogP contribution >= 0.6 is 0 Å². The molecule has 70 valence electrons. The average Bonchev–Trinajstić information content (AvgIpc) is 2.15. The van der Waals surface area contributed by atoms with Crippen LogP contribution in [0.1, 0.15) is 20.3 Å². The summed E-state index contributed by atoms with van der Waals surface area (Å²) >= 11 is 0. The van der Waals surface area contributed by atoms with Crippen LogP contribution in [0.4, 0.5) is 0 Å². The largest absolute Gasteiger partial charge is 0.311 e. The molecule has 1 aliphatic heterocycles. The van der Waals surface area contributed by atoms with E-state index in [1.54, 1.807) is 0 Å². The molecule has 0 bridgehead atoms. The number of piperazine rings is 1. The van der Waals surface area contributed by atoms with Gasteiger partial charge in [0.25, 0.3) is 0 Å². The molecular weight excluding hydrogens is 148 g/mol. The molecule has 0 saturated carbocycles. The van der Waals surface area contributed by atoms with Gasteiger partial charge in [-0.05, 0) is 13.3 Å². The van der Waals surface area contributed by atoms with E-state index in [-0.39, 0.29) is 0 Å². The van der Waals surface area contributed by atoms with Crippen LogP contribution in [0.5, 0.6) is 0 Å². The Bertz CT molecular complexity index is 143. The Morgan fingerprint density at radius 1 is 1.58 bits per heavy atom. The zero-order chi connectivity index (χ0) is 8.81. The topological polar surface area (TPSA) is 15.3 Å². The molecule has 1 heterocycles. The molecule has 0 spiro atoms. The Balaban J connectivity index is 2.25. The summed E-state index contributed by atoms with van der Waals surface area (Å²) < 4.78 is 0. The van der Waals surface area contributed by atoms with Crippen molar-refractivity contribution in [2.45, 2.75) is 26.3 Å². The van der Waals surface area contributed by atoms with E-state index < -0.39 is 0 Å². The van der Waals surface area contributed by atoms with Crippen molar-refractivity contribution in [3.05, 3.63) is 12.2 Å². The lowest BCUT2D eigenvalue weighted by atomic mass is 10.1. The molecule has 12 heavy (non-hydrogen) atoms. The average molecular weight is 168 g/mol. The fourth-order valence-corrected chi connectivity index (χ4v) is 1.59. The highest BCUT2D eigenvalue weighted by molar-refractivity contribution is 4.85. The number of nitrogens with zero attached hydrogens (tertiary/aromatic N) is 1. The van der Waals surface area contributed by atoms with E-state index in [4.69, 9.17) is 0 Å². The van der Waals surface area contributed by atoms with E-state index in [2.05, 4.69) is 36.2 Å². The summed E-state index contributed by atoms with van der Waals surface area (Å²) in [6.07, 6.45) is 5.60. The van der Waals surface area contributed by atoms with Gasteiger partial charge in [0.2, 0.25) is 0 Å². The highest BCUT2D eigenvalue weighted by Crippen LogP contribution is 2.01. The van der Waals surface area contributed by atoms with E-state index in [0.29, 0.717) is 6.04 Å². The van der Waals surface area contributed by atoms with Crippen molar-refractivity contribution in [3.63, 3.8) is 0 Å². The van der Waals surface area contributed by atoms with Crippen LogP contribution in [-0.4, -0.2) is 37.1 Å². The first-order chi connectivity index (χ1) is 5.86. The van der Waals surface area contributed by atoms with Gasteiger partial charge in [0, 0.05) is 32.2 Å². The molecule has 1 fully saturated rings. The van der Waals surface area contributed by atoms with Gasteiger partial charge in [0.1, 0.15) is 0 Å². The van der Waals surface area contributed by atoms with Crippen molar-refractivity contribution in [3.8, 4) is 0 Å². The summed E-state index contributed by atoms with van der Waals surface area (Å²) in [5, 5.41) is 3.51. The number of rotatable bonds is 3. The maximum atomic E-state index is 3.51. The Labute approximate surface area is 75.6 Å². The molecule has 1 aliphatic rings. The molecule has 0 aromatic heterocycles. The first-order valence-electron chi connectivity index (χ1n) is 4.93. The van der Waals surface area contributed by atoms with Crippen LogP contribution in [0.25, 0.3) is 0 Å². The molecule has 0 amide bonds. The summed E-state index contributed by atoms with van der Waals surface area (Å²) in [6, 6.07) is 0.712. The van der Waals surface area contributed by atoms with E-state index in [0.717, 1.165) is 13.1 Å². The molecule has 1 saturated heterocycles. The highest BCUT2D eigenvalue weighted by Gasteiger charge is 2.15. The zero-order valence-electron chi connectivity index (χ0n) is 8.21. The first-order valence-corrected chi connectivity index (χ1v) is 4.93. The van der Waals surface area contributed by atoms with Crippen molar-refractivity contribution in [2.24, 2.45) is 0 Å². The van der Waals surface area contributed by atoms with Gasteiger partial charge < -0.3 is 5.32 Å². The lowest BCUT2D eigenvalue weighted by Crippen LogP contribution is -2.50. The van der Waals surface area contributed by atoms with Crippen LogP contribution in [0.15, 0.2) is 12.2 Å². The quantitative estimate of drug-likeness (QED) is 0.638. The van der Waals surface area contributed by atoms with Crippen molar-refractivity contribution in [1.82, 2.24) is 10.2 Å². The van der Waals surface area contributed by atoms with Gasteiger partial charge >= 0.3 is 0 Å². The molecule has 1 unspecified atom stereocenters. The van der Waals surface area contributed by atoms with Gasteiger partial charge in [-0.1, -0.05) is 19.1 Å². The normalized spacial score (nSPS) is 26.7. The van der Waals surface area contributed by atoms with Gasteiger partial charge in [-0.25, -0.2) is 0 Å². The summed E-state index contributed by atoms with van der Waals surface area (Å²) in [7, 11) is 0. The van der Waals surface area contributed by atoms with Gasteiger partial charge in [0.05, 0.1) is 0 Å². The van der Waals surface area contributed by atoms with Crippen molar-refractivity contribution in [1.29, 1.82) is 0 Å². The molecular formula is C10H20N2. The summed E-state index contributed by atoms with van der Waals surface area (Å²) in [6.45, 7) is 9.00. The maximum Gasteiger partial charge on any atom is 0.0193 e. The molecule has 0 aliphatic carbocycles. The van der Waals surface area contributed by atoms with Gasteiger partial charge in [0.15, 0.2) is 0 Å². The third-order valence-corrected chi connectivity index (χ3v) is 2.43. The van der Waals surface area contributed by atoms with E-state index in [1.165, 1.54) is 19.5 Å². The zero-order valence-corrected chi connectivity index (χ0v) is 8.21. The number of hydrogen-bond acceptors (Lipinski definition) is 2. The predicted octanol–water partition coefficient (Wildman–Crippen LogP) is 1.25. The standard InChI is InChI=1S/C10H20N2/c1-3-5-7-12-8-6-11-10(4-2)9-12/h3,5,10-11H,4,6-9H2,1-2H3/b5-3+. The van der Waals surface area contributed by atoms with Gasteiger partial charge in [-0.2, -0.15) is 0 Å². The fourth-order valence-electron chi connectivity index (χ4n) is 1.59. The van der Waals surface area contributed by atoms with E-state index in [9.17, 15) is 0 Å². The van der Waals surface area contributed by atoms with E-state index in [1.807, 2.05) is 0 Å². The van der Waals surface area contributed by atoms with Crippen molar-refractivity contribution in [2.75, 3.05) is 26.2 Å². The van der Waals surface area contributed by atoms with Crippen LogP contribution in [0.3, 0.4) is 0 Å². The maximum absolute atomic E-state index is 3.51. The third kappa shape index (κ3) is 2.95. The molecule has 0 aromatic rings. The van der Waals surface area contributed by atoms with Crippen LogP contribution < -0.4 is 5.32 Å². The van der Waals surface area contributed by atoms with Crippen LogP contribution in [0, 0.1) is 0 Å². The molecule has 1 atom stereocenters. The van der Waals surface area contributed by atoms with Gasteiger partial charge in [-0.15, -0.1) is 0 Å². The minimum Gasteiger partial charge on any atom is -0.311 e. The lowest BCUT2D eigenvalue weighted by molar-refractivity contribution is 0.215. The van der Waals surface area contributed by atoms with Crippen LogP contribution in [-0.2, 0) is 0 Å². The van der Waals surface area contributed by atoms with Gasteiger partial charge in [-0.3, -0.25) is 4.90 Å². The molecule has 0 radical (unpaired) electrons. The summed E-state index contributed by atoms with van der Waals surface area (Å²) in [5.41, 5.74) is 0. The molecule has 1 rings (SSSR count). The first kappa shape index (κ1) is 9.75. The molecule has 2 nitrogen and oxygen atoms in total. The van der Waals surface area contributed by atoms with Crippen molar-refractivity contribution >= 4 is 0 Å². The second kappa shape index (κ2) is 5.33. The third-order valence-electron chi connectivity index (χ3n) is 2.43. The fraction of sp³-hybridized carbons (Fsp3) is 0.800. The monoisotopic (exact) mass is 168 g/mol. The number of hydrogen-bond donors (Lipinski definition) is 1. The highest BCUT2D eigenvalue weighted by atomic mass is 15.2. The Morgan fingerprint density at radius 2 is 2.42 bits per heavy atom. The second-order valence-corrected chi connectivity index (χ2v) is 3.39. The minimum absolute atomic E-state index is 0.712. The predicted molar refractivity (Wildman–Crippen MR) is 53.3 cm³/mol. The second-order valence-electron chi connectivity index (χ2n) is 3.39. The van der Waals surface area contributed by atoms with E-state index >= 15 is 0 Å². The Kier molecular flexibility index (Phi) is 4.33. The number of nitrogens with one attached hydrogen (secondary N) is 1. The SMILES string of the molecule is C/C=C/CN1CCNC(CC)C1. The molecule has 0 aromatic carbocycles. The van der Waals surface area contributed by atoms with Crippen LogP contribution in [0.2, 0.25) is 0 Å². The number of allylic oxidation sites excluding steroid dienone is 1. The Morgan fingerprint density at radius 3 is 3.08 bits per heavy atom. The summed E-state index contributed by atoms with van der Waals surface area (Å²) in [5.74, 6) is 0. The smallest absolute Gasteiger partial charge is 0.0193 e.